The molecule has 132 valence electrons. The molecule has 4 nitrogen and oxygen atoms in total. The van der Waals surface area contributed by atoms with E-state index >= 15 is 0 Å². The van der Waals surface area contributed by atoms with Crippen molar-refractivity contribution in [3.8, 4) is 11.4 Å². The van der Waals surface area contributed by atoms with E-state index in [1.807, 2.05) is 60.7 Å². The first-order valence-electron chi connectivity index (χ1n) is 8.57. The van der Waals surface area contributed by atoms with Gasteiger partial charge in [0, 0.05) is 15.4 Å². The Hall–Kier alpha value is -3.05. The summed E-state index contributed by atoms with van der Waals surface area (Å²) in [6, 6.07) is 24.1. The summed E-state index contributed by atoms with van der Waals surface area (Å²) in [5.74, 6) is 1.36. The van der Waals surface area contributed by atoms with Crippen LogP contribution in [0.4, 0.5) is 5.82 Å². The molecular formula is C22H17BrN4. The molecule has 0 fully saturated rings. The molecule has 0 saturated heterocycles. The van der Waals surface area contributed by atoms with Gasteiger partial charge in [-0.05, 0) is 36.8 Å². The first-order chi connectivity index (χ1) is 13.2. The highest BCUT2D eigenvalue weighted by atomic mass is 79.9. The average molecular weight is 417 g/mol. The maximum absolute atomic E-state index is 4.70. The predicted octanol–water partition coefficient (Wildman–Crippen LogP) is 5.81. The molecule has 0 aliphatic heterocycles. The Bertz CT molecular complexity index is 1100. The topological polar surface area (TPSA) is 50.2 Å². The van der Waals surface area contributed by atoms with Crippen LogP contribution in [0, 0.1) is 6.92 Å². The number of hydrogen-bond acceptors (Lipinski definition) is 4. The minimum atomic E-state index is 0.676. The van der Waals surface area contributed by atoms with E-state index in [1.165, 1.54) is 5.56 Å². The van der Waals surface area contributed by atoms with Gasteiger partial charge in [0.1, 0.15) is 0 Å². The first-order valence-corrected chi connectivity index (χ1v) is 9.37. The van der Waals surface area contributed by atoms with E-state index in [0.29, 0.717) is 11.6 Å². The van der Waals surface area contributed by atoms with Crippen molar-refractivity contribution in [3.63, 3.8) is 0 Å². The lowest BCUT2D eigenvalue weighted by atomic mass is 10.1. The molecule has 1 heterocycles. The summed E-state index contributed by atoms with van der Waals surface area (Å²) in [7, 11) is 0. The van der Waals surface area contributed by atoms with E-state index < -0.39 is 0 Å². The number of para-hydroxylation sites is 1. The Morgan fingerprint density at radius 3 is 2.41 bits per heavy atom. The summed E-state index contributed by atoms with van der Waals surface area (Å²) in [5, 5.41) is 5.29. The fraction of sp³-hybridized carbons (Fsp3) is 0.0455. The Morgan fingerprint density at radius 2 is 1.63 bits per heavy atom. The van der Waals surface area contributed by atoms with Crippen LogP contribution in [-0.4, -0.2) is 16.2 Å². The van der Waals surface area contributed by atoms with Crippen LogP contribution in [0.25, 0.3) is 22.3 Å². The van der Waals surface area contributed by atoms with Gasteiger partial charge in [-0.1, -0.05) is 70.0 Å². The number of nitrogens with zero attached hydrogens (tertiary/aromatic N) is 3. The van der Waals surface area contributed by atoms with Crippen LogP contribution in [0.15, 0.2) is 82.4 Å². The highest BCUT2D eigenvalue weighted by Crippen LogP contribution is 2.25. The van der Waals surface area contributed by atoms with Crippen molar-refractivity contribution in [2.24, 2.45) is 5.10 Å². The van der Waals surface area contributed by atoms with E-state index in [2.05, 4.69) is 45.5 Å². The van der Waals surface area contributed by atoms with Crippen molar-refractivity contribution < 1.29 is 0 Å². The highest BCUT2D eigenvalue weighted by molar-refractivity contribution is 9.10. The van der Waals surface area contributed by atoms with Gasteiger partial charge in [-0.15, -0.1) is 0 Å². The van der Waals surface area contributed by atoms with E-state index in [-0.39, 0.29) is 0 Å². The number of aromatic nitrogens is 2. The molecule has 5 heteroatoms. The summed E-state index contributed by atoms with van der Waals surface area (Å²) in [6.45, 7) is 2.06. The number of aryl methyl sites for hydroxylation is 1. The number of hydrazone groups is 1. The van der Waals surface area contributed by atoms with Crippen LogP contribution >= 0.6 is 15.9 Å². The molecule has 0 aliphatic carbocycles. The van der Waals surface area contributed by atoms with E-state index in [0.717, 1.165) is 26.5 Å². The number of nitrogens with one attached hydrogen (secondary N) is 1. The van der Waals surface area contributed by atoms with E-state index in [1.54, 1.807) is 6.21 Å². The molecule has 4 rings (SSSR count). The second kappa shape index (κ2) is 7.68. The lowest BCUT2D eigenvalue weighted by Gasteiger charge is -2.08. The molecule has 0 atom stereocenters. The zero-order chi connectivity index (χ0) is 18.6. The van der Waals surface area contributed by atoms with E-state index in [9.17, 15) is 0 Å². The number of hydrogen-bond donors (Lipinski definition) is 1. The second-order valence-electron chi connectivity index (χ2n) is 6.20. The van der Waals surface area contributed by atoms with Gasteiger partial charge in [-0.25, -0.2) is 9.97 Å². The van der Waals surface area contributed by atoms with Crippen molar-refractivity contribution in [3.05, 3.63) is 88.4 Å². The van der Waals surface area contributed by atoms with Gasteiger partial charge in [0.05, 0.1) is 11.7 Å². The van der Waals surface area contributed by atoms with Gasteiger partial charge in [-0.2, -0.15) is 5.10 Å². The quantitative estimate of drug-likeness (QED) is 0.337. The molecule has 0 unspecified atom stereocenters. The average Bonchev–Trinajstić information content (AvgIpc) is 2.70. The summed E-state index contributed by atoms with van der Waals surface area (Å²) in [6.07, 6.45) is 1.77. The van der Waals surface area contributed by atoms with Crippen molar-refractivity contribution in [2.75, 3.05) is 5.43 Å². The molecule has 4 aromatic rings. The summed E-state index contributed by atoms with van der Waals surface area (Å²) >= 11 is 3.43. The van der Waals surface area contributed by atoms with Gasteiger partial charge in [0.15, 0.2) is 11.6 Å². The molecular weight excluding hydrogens is 400 g/mol. The standard InChI is InChI=1S/C22H17BrN4/c1-15-6-10-17(11-7-15)21-25-20-5-3-2-4-19(20)22(26-21)27-24-14-16-8-12-18(23)13-9-16/h2-14H,1H3,(H,25,26,27)/b24-14+. The number of fused-ring (bicyclic) bond motifs is 1. The van der Waals surface area contributed by atoms with Crippen LogP contribution in [0.1, 0.15) is 11.1 Å². The lowest BCUT2D eigenvalue weighted by molar-refractivity contribution is 1.19. The number of rotatable bonds is 4. The van der Waals surface area contributed by atoms with Crippen molar-refractivity contribution in [1.82, 2.24) is 9.97 Å². The normalized spacial score (nSPS) is 11.2. The van der Waals surface area contributed by atoms with Crippen LogP contribution < -0.4 is 5.43 Å². The fourth-order valence-corrected chi connectivity index (χ4v) is 2.97. The minimum absolute atomic E-state index is 0.676. The molecule has 0 radical (unpaired) electrons. The van der Waals surface area contributed by atoms with E-state index in [4.69, 9.17) is 9.97 Å². The van der Waals surface area contributed by atoms with Crippen LogP contribution in [0.5, 0.6) is 0 Å². The molecule has 3 aromatic carbocycles. The third kappa shape index (κ3) is 4.04. The van der Waals surface area contributed by atoms with Crippen molar-refractivity contribution in [1.29, 1.82) is 0 Å². The third-order valence-corrected chi connectivity index (χ3v) is 4.70. The maximum Gasteiger partial charge on any atom is 0.162 e. The Labute approximate surface area is 166 Å². The molecule has 0 spiro atoms. The Kier molecular flexibility index (Phi) is 4.94. The number of halogens is 1. The maximum atomic E-state index is 4.70. The first kappa shape index (κ1) is 17.4. The minimum Gasteiger partial charge on any atom is -0.261 e. The smallest absolute Gasteiger partial charge is 0.162 e. The fourth-order valence-electron chi connectivity index (χ4n) is 2.71. The van der Waals surface area contributed by atoms with Gasteiger partial charge >= 0.3 is 0 Å². The SMILES string of the molecule is Cc1ccc(-c2nc(N/N=C/c3ccc(Br)cc3)c3ccccc3n2)cc1. The number of anilines is 1. The zero-order valence-electron chi connectivity index (χ0n) is 14.7. The zero-order valence-corrected chi connectivity index (χ0v) is 16.3. The molecule has 1 aromatic heterocycles. The van der Waals surface area contributed by atoms with Crippen LogP contribution in [-0.2, 0) is 0 Å². The predicted molar refractivity (Wildman–Crippen MR) is 115 cm³/mol. The van der Waals surface area contributed by atoms with Crippen molar-refractivity contribution >= 4 is 38.9 Å². The summed E-state index contributed by atoms with van der Waals surface area (Å²) in [4.78, 5) is 9.41. The van der Waals surface area contributed by atoms with Gasteiger partial charge < -0.3 is 0 Å². The Morgan fingerprint density at radius 1 is 0.889 bits per heavy atom. The third-order valence-electron chi connectivity index (χ3n) is 4.17. The largest absolute Gasteiger partial charge is 0.261 e. The van der Waals surface area contributed by atoms with Gasteiger partial charge in [-0.3, -0.25) is 5.43 Å². The molecule has 1 N–H and O–H groups in total. The lowest BCUT2D eigenvalue weighted by Crippen LogP contribution is -1.99. The monoisotopic (exact) mass is 416 g/mol. The summed E-state index contributed by atoms with van der Waals surface area (Å²) < 4.78 is 1.04. The number of benzene rings is 3. The highest BCUT2D eigenvalue weighted by Gasteiger charge is 2.08. The van der Waals surface area contributed by atoms with Gasteiger partial charge in [0.25, 0.3) is 0 Å². The molecule has 0 aliphatic rings. The molecule has 0 bridgehead atoms. The van der Waals surface area contributed by atoms with Crippen molar-refractivity contribution in [2.45, 2.75) is 6.92 Å². The molecule has 27 heavy (non-hydrogen) atoms. The Balaban J connectivity index is 1.70. The summed E-state index contributed by atoms with van der Waals surface area (Å²) in [5.41, 5.74) is 7.14. The molecule has 0 saturated carbocycles. The second-order valence-corrected chi connectivity index (χ2v) is 7.12. The van der Waals surface area contributed by atoms with Crippen LogP contribution in [0.2, 0.25) is 0 Å². The van der Waals surface area contributed by atoms with Crippen LogP contribution in [0.3, 0.4) is 0 Å². The van der Waals surface area contributed by atoms with Gasteiger partial charge in [0.2, 0.25) is 0 Å². The molecule has 0 amide bonds.